The van der Waals surface area contributed by atoms with E-state index < -0.39 is 0 Å². The van der Waals surface area contributed by atoms with E-state index in [9.17, 15) is 0 Å². The minimum atomic E-state index is 0.280. The van der Waals surface area contributed by atoms with Crippen molar-refractivity contribution in [1.29, 1.82) is 0 Å². The quantitative estimate of drug-likeness (QED) is 0.881. The largest absolute Gasteiger partial charge is 0.497 e. The zero-order valence-corrected chi connectivity index (χ0v) is 12.2. The molecule has 1 unspecified atom stereocenters. The third kappa shape index (κ3) is 3.56. The van der Waals surface area contributed by atoms with Gasteiger partial charge in [-0.3, -0.25) is 4.90 Å². The number of methoxy groups -OCH3 is 1. The molecule has 0 aliphatic rings. The van der Waals surface area contributed by atoms with Crippen molar-refractivity contribution in [2.75, 3.05) is 20.7 Å². The molecule has 0 saturated heterocycles. The molecule has 0 aliphatic carbocycles. The molecule has 1 aromatic carbocycles. The maximum atomic E-state index is 5.91. The highest BCUT2D eigenvalue weighted by Gasteiger charge is 2.16. The molecule has 1 aromatic heterocycles. The summed E-state index contributed by atoms with van der Waals surface area (Å²) in [6.45, 7) is 1.51. The maximum absolute atomic E-state index is 5.91. The van der Waals surface area contributed by atoms with E-state index in [0.29, 0.717) is 6.54 Å². The van der Waals surface area contributed by atoms with Crippen LogP contribution < -0.4 is 10.5 Å². The van der Waals surface area contributed by atoms with Gasteiger partial charge >= 0.3 is 0 Å². The highest BCUT2D eigenvalue weighted by molar-refractivity contribution is 7.10. The van der Waals surface area contributed by atoms with Crippen LogP contribution in [0.5, 0.6) is 5.75 Å². The van der Waals surface area contributed by atoms with Crippen LogP contribution in [-0.2, 0) is 6.54 Å². The number of nitrogens with two attached hydrogens (primary N) is 1. The molecular weight excluding hydrogens is 256 g/mol. The Kier molecular flexibility index (Phi) is 4.96. The van der Waals surface area contributed by atoms with E-state index in [2.05, 4.69) is 41.6 Å². The van der Waals surface area contributed by atoms with Crippen LogP contribution in [0.3, 0.4) is 0 Å². The normalized spacial score (nSPS) is 12.6. The van der Waals surface area contributed by atoms with Crippen molar-refractivity contribution >= 4 is 11.3 Å². The van der Waals surface area contributed by atoms with Gasteiger partial charge in [-0.25, -0.2) is 0 Å². The van der Waals surface area contributed by atoms with Crippen molar-refractivity contribution in [1.82, 2.24) is 4.90 Å². The number of thiophene rings is 1. The molecule has 2 rings (SSSR count). The van der Waals surface area contributed by atoms with E-state index >= 15 is 0 Å². The van der Waals surface area contributed by atoms with Crippen LogP contribution in [0.4, 0.5) is 0 Å². The van der Waals surface area contributed by atoms with Gasteiger partial charge in [0.2, 0.25) is 0 Å². The van der Waals surface area contributed by atoms with Gasteiger partial charge in [0, 0.05) is 18.0 Å². The molecule has 2 N–H and O–H groups in total. The van der Waals surface area contributed by atoms with Crippen molar-refractivity contribution < 1.29 is 4.74 Å². The standard InChI is InChI=1S/C15H20N2OS/c1-17(14(10-16)15-4-3-9-19-15)11-12-5-7-13(18-2)8-6-12/h3-9,14H,10-11,16H2,1-2H3. The summed E-state index contributed by atoms with van der Waals surface area (Å²) in [6.07, 6.45) is 0. The summed E-state index contributed by atoms with van der Waals surface area (Å²) in [5.74, 6) is 0.889. The third-order valence-electron chi connectivity index (χ3n) is 3.22. The van der Waals surface area contributed by atoms with Crippen LogP contribution >= 0.6 is 11.3 Å². The Morgan fingerprint density at radius 1 is 1.26 bits per heavy atom. The van der Waals surface area contributed by atoms with Gasteiger partial charge in [0.15, 0.2) is 0 Å². The first-order valence-electron chi connectivity index (χ1n) is 6.31. The number of rotatable bonds is 6. The number of benzene rings is 1. The zero-order valence-electron chi connectivity index (χ0n) is 11.4. The second-order valence-corrected chi connectivity index (χ2v) is 5.51. The van der Waals surface area contributed by atoms with Crippen LogP contribution in [-0.4, -0.2) is 25.6 Å². The summed E-state index contributed by atoms with van der Waals surface area (Å²) < 4.78 is 5.17. The van der Waals surface area contributed by atoms with Crippen LogP contribution in [0.15, 0.2) is 41.8 Å². The second kappa shape index (κ2) is 6.70. The summed E-state index contributed by atoms with van der Waals surface area (Å²) in [6, 6.07) is 12.7. The highest BCUT2D eigenvalue weighted by Crippen LogP contribution is 2.24. The van der Waals surface area contributed by atoms with Gasteiger partial charge in [-0.15, -0.1) is 11.3 Å². The summed E-state index contributed by atoms with van der Waals surface area (Å²) >= 11 is 1.76. The maximum Gasteiger partial charge on any atom is 0.118 e. The van der Waals surface area contributed by atoms with Crippen LogP contribution in [0.1, 0.15) is 16.5 Å². The molecular formula is C15H20N2OS. The average Bonchev–Trinajstić information content (AvgIpc) is 2.94. The predicted molar refractivity (Wildman–Crippen MR) is 80.6 cm³/mol. The van der Waals surface area contributed by atoms with E-state index in [-0.39, 0.29) is 6.04 Å². The fourth-order valence-corrected chi connectivity index (χ4v) is 3.03. The van der Waals surface area contributed by atoms with Gasteiger partial charge < -0.3 is 10.5 Å². The Hall–Kier alpha value is -1.36. The molecule has 0 fully saturated rings. The molecule has 0 radical (unpaired) electrons. The fraction of sp³-hybridized carbons (Fsp3) is 0.333. The number of hydrogen-bond donors (Lipinski definition) is 1. The summed E-state index contributed by atoms with van der Waals surface area (Å²) in [7, 11) is 3.80. The summed E-state index contributed by atoms with van der Waals surface area (Å²) in [5, 5.41) is 2.10. The third-order valence-corrected chi connectivity index (χ3v) is 4.19. The van der Waals surface area contributed by atoms with E-state index in [0.717, 1.165) is 12.3 Å². The number of nitrogens with zero attached hydrogens (tertiary/aromatic N) is 1. The van der Waals surface area contributed by atoms with Gasteiger partial charge in [0.1, 0.15) is 5.75 Å². The minimum absolute atomic E-state index is 0.280. The summed E-state index contributed by atoms with van der Waals surface area (Å²) in [4.78, 5) is 3.60. The molecule has 0 saturated carbocycles. The molecule has 2 aromatic rings. The first-order chi connectivity index (χ1) is 9.24. The van der Waals surface area contributed by atoms with Gasteiger partial charge in [-0.1, -0.05) is 18.2 Å². The fourth-order valence-electron chi connectivity index (χ4n) is 2.12. The molecule has 0 amide bonds. The first-order valence-corrected chi connectivity index (χ1v) is 7.19. The molecule has 1 heterocycles. The van der Waals surface area contributed by atoms with Crippen LogP contribution in [0, 0.1) is 0 Å². The van der Waals surface area contributed by atoms with Crippen molar-refractivity contribution in [3.05, 3.63) is 52.2 Å². The van der Waals surface area contributed by atoms with Crippen molar-refractivity contribution in [2.45, 2.75) is 12.6 Å². The Bertz CT molecular complexity index is 481. The van der Waals surface area contributed by atoms with E-state index in [4.69, 9.17) is 10.5 Å². The van der Waals surface area contributed by atoms with E-state index in [1.54, 1.807) is 18.4 Å². The van der Waals surface area contributed by atoms with Gasteiger partial charge in [0.05, 0.1) is 13.2 Å². The lowest BCUT2D eigenvalue weighted by Crippen LogP contribution is -2.29. The average molecular weight is 276 g/mol. The van der Waals surface area contributed by atoms with Crippen LogP contribution in [0.25, 0.3) is 0 Å². The van der Waals surface area contributed by atoms with Gasteiger partial charge in [0.25, 0.3) is 0 Å². The lowest BCUT2D eigenvalue weighted by Gasteiger charge is -2.26. The monoisotopic (exact) mass is 276 g/mol. The Morgan fingerprint density at radius 2 is 2.00 bits per heavy atom. The summed E-state index contributed by atoms with van der Waals surface area (Å²) in [5.41, 5.74) is 7.17. The minimum Gasteiger partial charge on any atom is -0.497 e. The molecule has 0 spiro atoms. The Balaban J connectivity index is 2.04. The zero-order chi connectivity index (χ0) is 13.7. The van der Waals surface area contributed by atoms with Crippen molar-refractivity contribution in [3.8, 4) is 5.75 Å². The SMILES string of the molecule is COc1ccc(CN(C)C(CN)c2cccs2)cc1. The predicted octanol–water partition coefficient (Wildman–Crippen LogP) is 2.89. The van der Waals surface area contributed by atoms with Gasteiger partial charge in [-0.2, -0.15) is 0 Å². The van der Waals surface area contributed by atoms with E-state index in [1.807, 2.05) is 12.1 Å². The lowest BCUT2D eigenvalue weighted by molar-refractivity contribution is 0.245. The smallest absolute Gasteiger partial charge is 0.118 e. The van der Waals surface area contributed by atoms with E-state index in [1.165, 1.54) is 10.4 Å². The van der Waals surface area contributed by atoms with Crippen LogP contribution in [0.2, 0.25) is 0 Å². The van der Waals surface area contributed by atoms with Crippen molar-refractivity contribution in [2.24, 2.45) is 5.73 Å². The first kappa shape index (κ1) is 14.1. The molecule has 0 bridgehead atoms. The molecule has 102 valence electrons. The highest BCUT2D eigenvalue weighted by atomic mass is 32.1. The lowest BCUT2D eigenvalue weighted by atomic mass is 10.1. The number of likely N-dealkylation sites (N-methyl/N-ethyl adjacent to an activating group) is 1. The molecule has 19 heavy (non-hydrogen) atoms. The molecule has 0 aliphatic heterocycles. The molecule has 4 heteroatoms. The Morgan fingerprint density at radius 3 is 2.53 bits per heavy atom. The second-order valence-electron chi connectivity index (χ2n) is 4.53. The van der Waals surface area contributed by atoms with Crippen molar-refractivity contribution in [3.63, 3.8) is 0 Å². The Labute approximate surface area is 118 Å². The number of hydrogen-bond acceptors (Lipinski definition) is 4. The van der Waals surface area contributed by atoms with Gasteiger partial charge in [-0.05, 0) is 36.2 Å². The number of ether oxygens (including phenoxy) is 1. The molecule has 1 atom stereocenters. The molecule has 3 nitrogen and oxygen atoms in total. The topological polar surface area (TPSA) is 38.5 Å².